The highest BCUT2D eigenvalue weighted by Gasteiger charge is 2.38. The van der Waals surface area contributed by atoms with Crippen molar-refractivity contribution in [3.05, 3.63) is 137 Å². The maximum Gasteiger partial charge on any atom is 0.0630 e. The van der Waals surface area contributed by atoms with Crippen LogP contribution in [0.25, 0.3) is 16.7 Å². The molecule has 0 bridgehead atoms. The van der Waals surface area contributed by atoms with Gasteiger partial charge in [-0.2, -0.15) is 0 Å². The number of nitrogens with zero attached hydrogens (tertiary/aromatic N) is 1. The van der Waals surface area contributed by atoms with Crippen LogP contribution < -0.4 is 4.90 Å². The summed E-state index contributed by atoms with van der Waals surface area (Å²) in [6.07, 6.45) is 9.48. The van der Waals surface area contributed by atoms with E-state index in [0.29, 0.717) is 17.9 Å². The first kappa shape index (κ1) is 21.4. The SMILES string of the molecule is CCC(C)c1ccc(N2c3ccccc3C3C=C(c4ccc5c(c4)-c4ccccc4C5)C=CC32)cc1. The monoisotopic (exact) mass is 465 g/mol. The van der Waals surface area contributed by atoms with Crippen molar-refractivity contribution in [1.29, 1.82) is 0 Å². The van der Waals surface area contributed by atoms with Crippen LogP contribution in [0.3, 0.4) is 0 Å². The molecule has 1 heterocycles. The number of fused-ring (bicyclic) bond motifs is 6. The molecule has 0 saturated carbocycles. The molecule has 0 spiro atoms. The van der Waals surface area contributed by atoms with E-state index in [-0.39, 0.29) is 0 Å². The molecule has 0 amide bonds. The van der Waals surface area contributed by atoms with Crippen molar-refractivity contribution in [2.24, 2.45) is 0 Å². The van der Waals surface area contributed by atoms with Gasteiger partial charge in [-0.25, -0.2) is 0 Å². The first-order valence-electron chi connectivity index (χ1n) is 13.3. The molecule has 4 aromatic carbocycles. The topological polar surface area (TPSA) is 3.24 Å². The Balaban J connectivity index is 1.26. The average molecular weight is 466 g/mol. The number of hydrogen-bond acceptors (Lipinski definition) is 1. The van der Waals surface area contributed by atoms with E-state index in [1.165, 1.54) is 62.3 Å². The fraction of sp³-hybridized carbons (Fsp3) is 0.200. The summed E-state index contributed by atoms with van der Waals surface area (Å²) in [5.74, 6) is 0.938. The highest BCUT2D eigenvalue weighted by molar-refractivity contribution is 5.86. The van der Waals surface area contributed by atoms with Gasteiger partial charge in [-0.15, -0.1) is 0 Å². The Bertz CT molecular complexity index is 1520. The fourth-order valence-electron chi connectivity index (χ4n) is 6.35. The summed E-state index contributed by atoms with van der Waals surface area (Å²) in [4.78, 5) is 2.53. The van der Waals surface area contributed by atoms with E-state index >= 15 is 0 Å². The smallest absolute Gasteiger partial charge is 0.0630 e. The van der Waals surface area contributed by atoms with Crippen LogP contribution >= 0.6 is 0 Å². The van der Waals surface area contributed by atoms with Crippen LogP contribution in [0.4, 0.5) is 11.4 Å². The zero-order valence-corrected chi connectivity index (χ0v) is 21.0. The molecule has 3 unspecified atom stereocenters. The highest BCUT2D eigenvalue weighted by Crippen LogP contribution is 2.49. The van der Waals surface area contributed by atoms with Crippen LogP contribution in [0.5, 0.6) is 0 Å². The quantitative estimate of drug-likeness (QED) is 0.256. The Morgan fingerprint density at radius 3 is 2.47 bits per heavy atom. The van der Waals surface area contributed by atoms with Crippen LogP contribution in [0, 0.1) is 0 Å². The first-order valence-corrected chi connectivity index (χ1v) is 13.3. The highest BCUT2D eigenvalue weighted by atomic mass is 15.2. The second-order valence-corrected chi connectivity index (χ2v) is 10.5. The molecule has 1 heteroatoms. The molecule has 7 rings (SSSR count). The van der Waals surface area contributed by atoms with Crippen molar-refractivity contribution < 1.29 is 0 Å². The van der Waals surface area contributed by atoms with Gasteiger partial charge >= 0.3 is 0 Å². The molecule has 0 aromatic heterocycles. The molecule has 1 nitrogen and oxygen atoms in total. The van der Waals surface area contributed by atoms with Gasteiger partial charge in [0.05, 0.1) is 6.04 Å². The van der Waals surface area contributed by atoms with E-state index in [0.717, 1.165) is 6.42 Å². The molecule has 4 aromatic rings. The summed E-state index contributed by atoms with van der Waals surface area (Å²) in [6, 6.07) is 34.4. The van der Waals surface area contributed by atoms with Crippen LogP contribution in [-0.2, 0) is 6.42 Å². The number of benzene rings is 4. The Morgan fingerprint density at radius 1 is 0.833 bits per heavy atom. The maximum absolute atomic E-state index is 2.53. The van der Waals surface area contributed by atoms with Crippen molar-refractivity contribution in [3.63, 3.8) is 0 Å². The molecule has 0 fully saturated rings. The molecule has 176 valence electrons. The molecule has 36 heavy (non-hydrogen) atoms. The minimum Gasteiger partial charge on any atom is -0.333 e. The van der Waals surface area contributed by atoms with E-state index in [4.69, 9.17) is 0 Å². The second kappa shape index (κ2) is 8.38. The number of para-hydroxylation sites is 1. The van der Waals surface area contributed by atoms with Gasteiger partial charge in [0, 0.05) is 17.3 Å². The normalized spacial score (nSPS) is 19.8. The van der Waals surface area contributed by atoms with Gasteiger partial charge in [0.2, 0.25) is 0 Å². The van der Waals surface area contributed by atoms with E-state index in [1.54, 1.807) is 0 Å². The lowest BCUT2D eigenvalue weighted by molar-refractivity contribution is 0.731. The van der Waals surface area contributed by atoms with Gasteiger partial charge in [0.25, 0.3) is 0 Å². The molecule has 0 radical (unpaired) electrons. The Labute approximate surface area is 214 Å². The summed E-state index contributed by atoms with van der Waals surface area (Å²) in [5.41, 5.74) is 13.8. The van der Waals surface area contributed by atoms with E-state index in [2.05, 4.69) is 128 Å². The zero-order chi connectivity index (χ0) is 24.2. The van der Waals surface area contributed by atoms with Crippen molar-refractivity contribution >= 4 is 16.9 Å². The van der Waals surface area contributed by atoms with Gasteiger partial charge < -0.3 is 4.90 Å². The van der Waals surface area contributed by atoms with Gasteiger partial charge in [0.15, 0.2) is 0 Å². The van der Waals surface area contributed by atoms with Gasteiger partial charge in [-0.1, -0.05) is 98.8 Å². The summed E-state index contributed by atoms with van der Waals surface area (Å²) in [7, 11) is 0. The predicted molar refractivity (Wildman–Crippen MR) is 152 cm³/mol. The lowest BCUT2D eigenvalue weighted by Gasteiger charge is -2.30. The standard InChI is InChI=1S/C35H31N/c1-3-23(2)24-14-17-29(18-15-24)36-34-11-7-6-10-31(34)33-22-26(16-19-35(33)36)25-12-13-28-20-27-8-4-5-9-30(27)32(28)21-25/h4-19,21-23,33,35H,3,20H2,1-2H3. The number of hydrogen-bond donors (Lipinski definition) is 0. The third kappa shape index (κ3) is 3.30. The zero-order valence-electron chi connectivity index (χ0n) is 21.0. The fourth-order valence-corrected chi connectivity index (χ4v) is 6.35. The van der Waals surface area contributed by atoms with Crippen LogP contribution in [0.1, 0.15) is 59.9 Å². The summed E-state index contributed by atoms with van der Waals surface area (Å²) < 4.78 is 0. The number of anilines is 2. The summed E-state index contributed by atoms with van der Waals surface area (Å²) in [6.45, 7) is 4.57. The largest absolute Gasteiger partial charge is 0.333 e. The summed E-state index contributed by atoms with van der Waals surface area (Å²) in [5, 5.41) is 0. The predicted octanol–water partition coefficient (Wildman–Crippen LogP) is 9.03. The van der Waals surface area contributed by atoms with Gasteiger partial charge in [-0.05, 0) is 87.5 Å². The average Bonchev–Trinajstić information content (AvgIpc) is 3.47. The Morgan fingerprint density at radius 2 is 1.61 bits per heavy atom. The van der Waals surface area contributed by atoms with Gasteiger partial charge in [0.1, 0.15) is 0 Å². The molecular weight excluding hydrogens is 434 g/mol. The third-order valence-corrected chi connectivity index (χ3v) is 8.54. The van der Waals surface area contributed by atoms with Crippen LogP contribution in [0.2, 0.25) is 0 Å². The van der Waals surface area contributed by atoms with E-state index in [9.17, 15) is 0 Å². The molecule has 3 atom stereocenters. The molecular formula is C35H31N. The number of allylic oxidation sites excluding steroid dienone is 2. The lowest BCUT2D eigenvalue weighted by atomic mass is 9.85. The Kier molecular flexibility index (Phi) is 4.99. The van der Waals surface area contributed by atoms with Gasteiger partial charge in [-0.3, -0.25) is 0 Å². The Hall–Kier alpha value is -3.84. The van der Waals surface area contributed by atoms with Crippen molar-refractivity contribution in [1.82, 2.24) is 0 Å². The maximum atomic E-state index is 2.53. The molecule has 1 aliphatic heterocycles. The van der Waals surface area contributed by atoms with Crippen molar-refractivity contribution in [2.75, 3.05) is 4.90 Å². The molecule has 0 saturated heterocycles. The van der Waals surface area contributed by atoms with E-state index in [1.807, 2.05) is 0 Å². The second-order valence-electron chi connectivity index (χ2n) is 10.5. The van der Waals surface area contributed by atoms with E-state index < -0.39 is 0 Å². The lowest BCUT2D eigenvalue weighted by Crippen LogP contribution is -2.29. The summed E-state index contributed by atoms with van der Waals surface area (Å²) >= 11 is 0. The molecule has 3 aliphatic rings. The minimum absolute atomic E-state index is 0.302. The third-order valence-electron chi connectivity index (χ3n) is 8.54. The van der Waals surface area contributed by atoms with Crippen LogP contribution in [0.15, 0.2) is 109 Å². The first-order chi connectivity index (χ1) is 17.7. The minimum atomic E-state index is 0.302. The molecule has 2 aliphatic carbocycles. The van der Waals surface area contributed by atoms with Crippen molar-refractivity contribution in [3.8, 4) is 11.1 Å². The van der Waals surface area contributed by atoms with Crippen molar-refractivity contribution in [2.45, 2.75) is 44.6 Å². The van der Waals surface area contributed by atoms with Crippen LogP contribution in [-0.4, -0.2) is 6.04 Å². The number of rotatable bonds is 4. The molecule has 0 N–H and O–H groups in total.